The van der Waals surface area contributed by atoms with Gasteiger partial charge in [0, 0.05) is 25.8 Å². The van der Waals surface area contributed by atoms with E-state index in [0.717, 1.165) is 19.3 Å². The van der Waals surface area contributed by atoms with Gasteiger partial charge in [0.15, 0.2) is 0 Å². The number of fused-ring (bicyclic) bond motifs is 1. The van der Waals surface area contributed by atoms with Gasteiger partial charge in [-0.1, -0.05) is 12.1 Å². The van der Waals surface area contributed by atoms with Gasteiger partial charge in [-0.25, -0.2) is 12.8 Å². The Morgan fingerprint density at radius 2 is 1.77 bits per heavy atom. The average molecular weight is 503 g/mol. The lowest BCUT2D eigenvalue weighted by molar-refractivity contribution is -0.114. The molecule has 5 rings (SSSR count). The maximum Gasteiger partial charge on any atom is 0.299 e. The molecule has 186 valence electrons. The number of ketones is 1. The Bertz CT molecular complexity index is 1230. The van der Waals surface area contributed by atoms with Crippen LogP contribution in [0.3, 0.4) is 0 Å². The highest BCUT2D eigenvalue weighted by atomic mass is 32.2. The molecule has 8 nitrogen and oxygen atoms in total. The van der Waals surface area contributed by atoms with E-state index in [1.54, 1.807) is 12.1 Å². The van der Waals surface area contributed by atoms with Crippen molar-refractivity contribution in [2.75, 3.05) is 31.3 Å². The molecule has 0 spiro atoms. The van der Waals surface area contributed by atoms with Gasteiger partial charge in [0.1, 0.15) is 5.82 Å². The molecule has 2 fully saturated rings. The normalized spacial score (nSPS) is 21.6. The molecule has 1 amide bonds. The number of ether oxygens (including phenoxy) is 2. The summed E-state index contributed by atoms with van der Waals surface area (Å²) in [7, 11) is -3.88. The SMILES string of the molecule is O=C1C(=O)N(Cc2ccc(F)cc2)c2ccc(S(=O)(=O)N3CCC[C@H]3COC3CCOCC3)cc21. The van der Waals surface area contributed by atoms with Crippen LogP contribution in [0.1, 0.15) is 41.6 Å². The smallest absolute Gasteiger partial charge is 0.299 e. The Labute approximate surface area is 203 Å². The molecule has 2 aromatic carbocycles. The Balaban J connectivity index is 1.35. The number of hydrogen-bond acceptors (Lipinski definition) is 6. The molecule has 0 aliphatic carbocycles. The molecular formula is C25H27FN2O6S. The summed E-state index contributed by atoms with van der Waals surface area (Å²) in [5, 5.41) is 0. The molecule has 2 saturated heterocycles. The lowest BCUT2D eigenvalue weighted by Gasteiger charge is -2.28. The summed E-state index contributed by atoms with van der Waals surface area (Å²) in [4.78, 5) is 26.6. The molecule has 0 saturated carbocycles. The quantitative estimate of drug-likeness (QED) is 0.541. The van der Waals surface area contributed by atoms with Gasteiger partial charge in [-0.05, 0) is 61.6 Å². The standard InChI is InChI=1S/C25H27FN2O6S/c26-18-5-3-17(4-6-18)15-27-23-8-7-21(14-22(23)24(29)25(27)30)35(31,32)28-11-1-2-19(28)16-34-20-9-12-33-13-10-20/h3-8,14,19-20H,1-2,9-13,15-16H2/t19-/m0/s1. The second kappa shape index (κ2) is 9.77. The Hall–Kier alpha value is -2.66. The molecule has 0 bridgehead atoms. The first-order valence-corrected chi connectivity index (χ1v) is 13.2. The number of rotatable bonds is 7. The van der Waals surface area contributed by atoms with Gasteiger partial charge < -0.3 is 14.4 Å². The summed E-state index contributed by atoms with van der Waals surface area (Å²) in [5.41, 5.74) is 1.07. The number of sulfonamides is 1. The highest BCUT2D eigenvalue weighted by Gasteiger charge is 2.40. The molecule has 35 heavy (non-hydrogen) atoms. The Morgan fingerprint density at radius 3 is 2.51 bits per heavy atom. The number of anilines is 1. The number of Topliss-reactive ketones (excluding diaryl/α,β-unsaturated/α-hetero) is 1. The van der Waals surface area contributed by atoms with Crippen LogP contribution in [0.5, 0.6) is 0 Å². The van der Waals surface area contributed by atoms with E-state index in [0.29, 0.717) is 44.0 Å². The van der Waals surface area contributed by atoms with E-state index in [1.807, 2.05) is 0 Å². The van der Waals surface area contributed by atoms with Gasteiger partial charge in [-0.3, -0.25) is 9.59 Å². The van der Waals surface area contributed by atoms with E-state index in [2.05, 4.69) is 0 Å². The monoisotopic (exact) mass is 502 g/mol. The molecule has 3 aliphatic heterocycles. The zero-order valence-corrected chi connectivity index (χ0v) is 20.0. The number of carbonyl (C=O) groups is 2. The van der Waals surface area contributed by atoms with E-state index in [1.165, 1.54) is 39.5 Å². The van der Waals surface area contributed by atoms with Crippen LogP contribution < -0.4 is 4.90 Å². The van der Waals surface area contributed by atoms with Crippen LogP contribution in [0.4, 0.5) is 10.1 Å². The lowest BCUT2D eigenvalue weighted by atomic mass is 10.1. The molecule has 1 atom stereocenters. The average Bonchev–Trinajstić information content (AvgIpc) is 3.44. The number of carbonyl (C=O) groups excluding carboxylic acids is 2. The molecule has 0 N–H and O–H groups in total. The summed E-state index contributed by atoms with van der Waals surface area (Å²) < 4.78 is 53.0. The predicted octanol–water partition coefficient (Wildman–Crippen LogP) is 2.90. The van der Waals surface area contributed by atoms with Gasteiger partial charge in [-0.2, -0.15) is 4.31 Å². The number of hydrogen-bond donors (Lipinski definition) is 0. The van der Waals surface area contributed by atoms with Gasteiger partial charge in [0.2, 0.25) is 10.0 Å². The minimum atomic E-state index is -3.88. The number of nitrogens with zero attached hydrogens (tertiary/aromatic N) is 2. The zero-order chi connectivity index (χ0) is 24.6. The van der Waals surface area contributed by atoms with Crippen molar-refractivity contribution < 1.29 is 31.9 Å². The fourth-order valence-corrected chi connectivity index (χ4v) is 6.59. The maximum absolute atomic E-state index is 13.5. The molecule has 3 heterocycles. The summed E-state index contributed by atoms with van der Waals surface area (Å²) in [6, 6.07) is 9.61. The molecule has 0 radical (unpaired) electrons. The summed E-state index contributed by atoms with van der Waals surface area (Å²) in [5.74, 6) is -1.88. The van der Waals surface area contributed by atoms with Gasteiger partial charge in [0.05, 0.1) is 35.4 Å². The van der Waals surface area contributed by atoms with E-state index >= 15 is 0 Å². The lowest BCUT2D eigenvalue weighted by Crippen LogP contribution is -2.39. The van der Waals surface area contributed by atoms with Gasteiger partial charge in [0.25, 0.3) is 11.7 Å². The zero-order valence-electron chi connectivity index (χ0n) is 19.2. The van der Waals surface area contributed by atoms with Crippen LogP contribution in [0.15, 0.2) is 47.4 Å². The molecule has 0 aromatic heterocycles. The third-order valence-corrected chi connectivity index (χ3v) is 8.77. The molecular weight excluding hydrogens is 475 g/mol. The van der Waals surface area contributed by atoms with E-state index in [9.17, 15) is 22.4 Å². The van der Waals surface area contributed by atoms with Crippen molar-refractivity contribution in [3.8, 4) is 0 Å². The third-order valence-electron chi connectivity index (χ3n) is 6.82. The van der Waals surface area contributed by atoms with Crippen molar-refractivity contribution >= 4 is 27.4 Å². The fraction of sp³-hybridized carbons (Fsp3) is 0.440. The van der Waals surface area contributed by atoms with Crippen LogP contribution in [0.2, 0.25) is 0 Å². The first kappa shape index (κ1) is 24.1. The molecule has 2 aromatic rings. The third kappa shape index (κ3) is 4.75. The van der Waals surface area contributed by atoms with Crippen molar-refractivity contribution in [2.45, 2.75) is 49.3 Å². The Kier molecular flexibility index (Phi) is 6.71. The highest BCUT2D eigenvalue weighted by molar-refractivity contribution is 7.89. The maximum atomic E-state index is 13.5. The fourth-order valence-electron chi connectivity index (χ4n) is 4.89. The molecule has 10 heteroatoms. The first-order valence-electron chi connectivity index (χ1n) is 11.8. The summed E-state index contributed by atoms with van der Waals surface area (Å²) in [6.45, 7) is 2.08. The largest absolute Gasteiger partial charge is 0.381 e. The first-order chi connectivity index (χ1) is 16.8. The van der Waals surface area contributed by atoms with Crippen molar-refractivity contribution in [3.05, 3.63) is 59.4 Å². The van der Waals surface area contributed by atoms with Gasteiger partial charge in [-0.15, -0.1) is 0 Å². The summed E-state index contributed by atoms with van der Waals surface area (Å²) >= 11 is 0. The number of halogens is 1. The highest BCUT2D eigenvalue weighted by Crippen LogP contribution is 2.34. The molecule has 0 unspecified atom stereocenters. The number of amides is 1. The van der Waals surface area contributed by atoms with Crippen LogP contribution in [-0.4, -0.2) is 62.9 Å². The van der Waals surface area contributed by atoms with Crippen molar-refractivity contribution in [1.29, 1.82) is 0 Å². The van der Waals surface area contributed by atoms with E-state index < -0.39 is 27.5 Å². The second-order valence-corrected chi connectivity index (χ2v) is 11.0. The van der Waals surface area contributed by atoms with Crippen LogP contribution in [-0.2, 0) is 30.8 Å². The molecule has 3 aliphatic rings. The van der Waals surface area contributed by atoms with Crippen molar-refractivity contribution in [3.63, 3.8) is 0 Å². The van der Waals surface area contributed by atoms with Gasteiger partial charge >= 0.3 is 0 Å². The minimum absolute atomic E-state index is 0.0148. The topological polar surface area (TPSA) is 93.2 Å². The van der Waals surface area contributed by atoms with E-state index in [4.69, 9.17) is 9.47 Å². The van der Waals surface area contributed by atoms with Crippen LogP contribution >= 0.6 is 0 Å². The van der Waals surface area contributed by atoms with E-state index in [-0.39, 0.29) is 29.1 Å². The summed E-state index contributed by atoms with van der Waals surface area (Å²) in [6.07, 6.45) is 3.11. The van der Waals surface area contributed by atoms with Crippen LogP contribution in [0.25, 0.3) is 0 Å². The minimum Gasteiger partial charge on any atom is -0.381 e. The van der Waals surface area contributed by atoms with Crippen molar-refractivity contribution in [2.24, 2.45) is 0 Å². The second-order valence-electron chi connectivity index (χ2n) is 9.08. The number of benzene rings is 2. The van der Waals surface area contributed by atoms with Crippen LogP contribution in [0, 0.1) is 5.82 Å². The van der Waals surface area contributed by atoms with Crippen molar-refractivity contribution in [1.82, 2.24) is 4.31 Å². The Morgan fingerprint density at radius 1 is 1.03 bits per heavy atom. The predicted molar refractivity (Wildman–Crippen MR) is 125 cm³/mol.